The van der Waals surface area contributed by atoms with Gasteiger partial charge in [-0.15, -0.1) is 0 Å². The first-order valence-electron chi connectivity index (χ1n) is 8.24. The molecule has 0 aromatic heterocycles. The van der Waals surface area contributed by atoms with Gasteiger partial charge in [0.1, 0.15) is 0 Å². The molecule has 2 nitrogen and oxygen atoms in total. The van der Waals surface area contributed by atoms with Crippen molar-refractivity contribution in [2.75, 3.05) is 19.6 Å². The van der Waals surface area contributed by atoms with Gasteiger partial charge in [-0.3, -0.25) is 4.90 Å². The molecule has 2 atom stereocenters. The molecule has 0 saturated heterocycles. The van der Waals surface area contributed by atoms with E-state index in [-0.39, 0.29) is 0 Å². The van der Waals surface area contributed by atoms with Crippen molar-refractivity contribution >= 4 is 0 Å². The maximum atomic E-state index is 3.56. The second-order valence-electron chi connectivity index (χ2n) is 6.26. The lowest BCUT2D eigenvalue weighted by Gasteiger charge is -2.32. The normalized spacial score (nSPS) is 19.1. The summed E-state index contributed by atoms with van der Waals surface area (Å²) in [7, 11) is 0. The molecule has 1 N–H and O–H groups in total. The SMILES string of the molecule is CCCNCC(C)C(C)N1CCCc2ccccc2C1. The standard InChI is InChI=1S/C18H30N2/c1-4-11-19-13-15(2)16(3)20-12-7-10-17-8-5-6-9-18(17)14-20/h5-6,8-9,15-16,19H,4,7,10-14H2,1-3H3. The van der Waals surface area contributed by atoms with Crippen LogP contribution in [0, 0.1) is 5.92 Å². The van der Waals surface area contributed by atoms with E-state index in [9.17, 15) is 0 Å². The van der Waals surface area contributed by atoms with Gasteiger partial charge in [-0.25, -0.2) is 0 Å². The fourth-order valence-electron chi connectivity index (χ4n) is 3.11. The minimum absolute atomic E-state index is 0.644. The maximum Gasteiger partial charge on any atom is 0.0239 e. The minimum Gasteiger partial charge on any atom is -0.316 e. The monoisotopic (exact) mass is 274 g/mol. The Hall–Kier alpha value is -0.860. The van der Waals surface area contributed by atoms with Crippen molar-refractivity contribution in [3.63, 3.8) is 0 Å². The third kappa shape index (κ3) is 4.07. The van der Waals surface area contributed by atoms with Crippen LogP contribution in [0.1, 0.15) is 44.7 Å². The lowest BCUT2D eigenvalue weighted by atomic mass is 10.0. The molecule has 1 aromatic rings. The highest BCUT2D eigenvalue weighted by molar-refractivity contribution is 5.28. The molecular formula is C18H30N2. The zero-order valence-electron chi connectivity index (χ0n) is 13.4. The molecule has 0 amide bonds. The lowest BCUT2D eigenvalue weighted by molar-refractivity contribution is 0.153. The fourth-order valence-corrected chi connectivity index (χ4v) is 3.11. The van der Waals surface area contributed by atoms with Gasteiger partial charge in [0.05, 0.1) is 0 Å². The lowest BCUT2D eigenvalue weighted by Crippen LogP contribution is -2.41. The molecule has 1 aliphatic rings. The zero-order chi connectivity index (χ0) is 14.4. The van der Waals surface area contributed by atoms with Crippen molar-refractivity contribution in [1.29, 1.82) is 0 Å². The van der Waals surface area contributed by atoms with Gasteiger partial charge in [0.15, 0.2) is 0 Å². The van der Waals surface area contributed by atoms with Crippen LogP contribution in [0.3, 0.4) is 0 Å². The van der Waals surface area contributed by atoms with E-state index in [1.54, 1.807) is 5.56 Å². The number of benzene rings is 1. The number of rotatable bonds is 6. The van der Waals surface area contributed by atoms with E-state index in [1.165, 1.54) is 31.4 Å². The molecule has 0 fully saturated rings. The van der Waals surface area contributed by atoms with E-state index in [1.807, 2.05) is 0 Å². The first kappa shape index (κ1) is 15.5. The Balaban J connectivity index is 1.95. The average molecular weight is 274 g/mol. The van der Waals surface area contributed by atoms with Crippen molar-refractivity contribution < 1.29 is 0 Å². The first-order valence-corrected chi connectivity index (χ1v) is 8.24. The largest absolute Gasteiger partial charge is 0.316 e. The van der Waals surface area contributed by atoms with Gasteiger partial charge < -0.3 is 5.32 Å². The number of nitrogens with zero attached hydrogens (tertiary/aromatic N) is 1. The molecule has 2 heteroatoms. The van der Waals surface area contributed by atoms with Gasteiger partial charge in [-0.05, 0) is 62.9 Å². The van der Waals surface area contributed by atoms with Crippen LogP contribution in [-0.4, -0.2) is 30.6 Å². The van der Waals surface area contributed by atoms with Crippen molar-refractivity contribution in [3.8, 4) is 0 Å². The van der Waals surface area contributed by atoms with Crippen LogP contribution in [0.2, 0.25) is 0 Å². The summed E-state index contributed by atoms with van der Waals surface area (Å²) < 4.78 is 0. The summed E-state index contributed by atoms with van der Waals surface area (Å²) in [6, 6.07) is 9.61. The summed E-state index contributed by atoms with van der Waals surface area (Å²) in [6.07, 6.45) is 3.75. The molecule has 20 heavy (non-hydrogen) atoms. The number of hydrogen-bond acceptors (Lipinski definition) is 2. The van der Waals surface area contributed by atoms with Crippen LogP contribution in [0.5, 0.6) is 0 Å². The van der Waals surface area contributed by atoms with E-state index in [4.69, 9.17) is 0 Å². The van der Waals surface area contributed by atoms with Crippen molar-refractivity contribution in [3.05, 3.63) is 35.4 Å². The number of aryl methyl sites for hydroxylation is 1. The van der Waals surface area contributed by atoms with Crippen LogP contribution in [-0.2, 0) is 13.0 Å². The van der Waals surface area contributed by atoms with Crippen LogP contribution in [0.15, 0.2) is 24.3 Å². The highest BCUT2D eigenvalue weighted by Gasteiger charge is 2.22. The Bertz CT molecular complexity index is 402. The average Bonchev–Trinajstić information content (AvgIpc) is 2.68. The molecule has 0 spiro atoms. The number of fused-ring (bicyclic) bond motifs is 1. The van der Waals surface area contributed by atoms with Crippen LogP contribution in [0.4, 0.5) is 0 Å². The van der Waals surface area contributed by atoms with Gasteiger partial charge in [0, 0.05) is 12.6 Å². The topological polar surface area (TPSA) is 15.3 Å². The number of nitrogens with one attached hydrogen (secondary N) is 1. The summed E-state index contributed by atoms with van der Waals surface area (Å²) >= 11 is 0. The third-order valence-corrected chi connectivity index (χ3v) is 4.68. The Morgan fingerprint density at radius 3 is 2.70 bits per heavy atom. The van der Waals surface area contributed by atoms with E-state index >= 15 is 0 Å². The zero-order valence-corrected chi connectivity index (χ0v) is 13.4. The van der Waals surface area contributed by atoms with Crippen molar-refractivity contribution in [2.45, 2.75) is 52.6 Å². The quantitative estimate of drug-likeness (QED) is 0.799. The Kier molecular flexibility index (Phi) is 6.06. The van der Waals surface area contributed by atoms with Gasteiger partial charge in [0.25, 0.3) is 0 Å². The molecule has 0 aliphatic carbocycles. The summed E-state index contributed by atoms with van der Waals surface area (Å²) in [5.74, 6) is 0.701. The van der Waals surface area contributed by atoms with E-state index in [2.05, 4.69) is 55.3 Å². The maximum absolute atomic E-state index is 3.56. The molecule has 1 heterocycles. The van der Waals surface area contributed by atoms with Gasteiger partial charge in [-0.1, -0.05) is 38.1 Å². The highest BCUT2D eigenvalue weighted by atomic mass is 15.2. The van der Waals surface area contributed by atoms with Crippen molar-refractivity contribution in [2.24, 2.45) is 5.92 Å². The second-order valence-corrected chi connectivity index (χ2v) is 6.26. The smallest absolute Gasteiger partial charge is 0.0239 e. The number of hydrogen-bond donors (Lipinski definition) is 1. The predicted octanol–water partition coefficient (Wildman–Crippen LogP) is 3.46. The molecule has 2 unspecified atom stereocenters. The van der Waals surface area contributed by atoms with E-state index in [0.29, 0.717) is 12.0 Å². The summed E-state index contributed by atoms with van der Waals surface area (Å²) in [6.45, 7) is 11.6. The van der Waals surface area contributed by atoms with E-state index in [0.717, 1.165) is 19.6 Å². The first-order chi connectivity index (χ1) is 9.72. The molecule has 0 saturated carbocycles. The third-order valence-electron chi connectivity index (χ3n) is 4.68. The van der Waals surface area contributed by atoms with Gasteiger partial charge in [-0.2, -0.15) is 0 Å². The molecular weight excluding hydrogens is 244 g/mol. The minimum atomic E-state index is 0.644. The Morgan fingerprint density at radius 2 is 1.95 bits per heavy atom. The molecule has 112 valence electrons. The fraction of sp³-hybridized carbons (Fsp3) is 0.667. The Morgan fingerprint density at radius 1 is 1.20 bits per heavy atom. The highest BCUT2D eigenvalue weighted by Crippen LogP contribution is 2.22. The van der Waals surface area contributed by atoms with Gasteiger partial charge in [0.2, 0.25) is 0 Å². The predicted molar refractivity (Wildman–Crippen MR) is 87.0 cm³/mol. The van der Waals surface area contributed by atoms with E-state index < -0.39 is 0 Å². The summed E-state index contributed by atoms with van der Waals surface area (Å²) in [5, 5.41) is 3.56. The Labute approximate surface area is 124 Å². The second kappa shape index (κ2) is 7.80. The summed E-state index contributed by atoms with van der Waals surface area (Å²) in [4.78, 5) is 2.67. The van der Waals surface area contributed by atoms with Crippen LogP contribution >= 0.6 is 0 Å². The molecule has 2 rings (SSSR count). The molecule has 0 bridgehead atoms. The van der Waals surface area contributed by atoms with Gasteiger partial charge >= 0.3 is 0 Å². The van der Waals surface area contributed by atoms with Crippen LogP contribution in [0.25, 0.3) is 0 Å². The molecule has 0 radical (unpaired) electrons. The molecule has 1 aliphatic heterocycles. The van der Waals surface area contributed by atoms with Crippen molar-refractivity contribution in [1.82, 2.24) is 10.2 Å². The summed E-state index contributed by atoms with van der Waals surface area (Å²) in [5.41, 5.74) is 3.09. The molecule has 1 aromatic carbocycles. The van der Waals surface area contributed by atoms with Crippen LogP contribution < -0.4 is 5.32 Å².